The van der Waals surface area contributed by atoms with Crippen LogP contribution in [0.2, 0.25) is 0 Å². The summed E-state index contributed by atoms with van der Waals surface area (Å²) in [5.74, 6) is -0.667. The van der Waals surface area contributed by atoms with Crippen LogP contribution in [0, 0.1) is 5.92 Å². The molecule has 186 valence electrons. The summed E-state index contributed by atoms with van der Waals surface area (Å²) in [5.41, 5.74) is 0.0495. The van der Waals surface area contributed by atoms with Crippen molar-refractivity contribution in [1.29, 1.82) is 0 Å². The summed E-state index contributed by atoms with van der Waals surface area (Å²) in [6, 6.07) is 7.68. The van der Waals surface area contributed by atoms with Crippen LogP contribution in [0.4, 0.5) is 4.79 Å². The van der Waals surface area contributed by atoms with Crippen molar-refractivity contribution in [1.82, 2.24) is 15.5 Å². The average Bonchev–Trinajstić information content (AvgIpc) is 2.74. The molecule has 1 rings (SSSR count). The lowest BCUT2D eigenvalue weighted by Crippen LogP contribution is -2.55. The summed E-state index contributed by atoms with van der Waals surface area (Å²) >= 11 is 0. The smallest absolute Gasteiger partial charge is 0.408 e. The third-order valence-corrected chi connectivity index (χ3v) is 5.56. The third-order valence-electron chi connectivity index (χ3n) is 5.56. The van der Waals surface area contributed by atoms with E-state index in [1.54, 1.807) is 25.7 Å². The SMILES string of the molecule is CCCC(C)NC(=O)C(c1ccccc1)N(CC)C(=O)C(NC(=O)OC(C)(C)C)C(C)CC. The summed E-state index contributed by atoms with van der Waals surface area (Å²) in [6.07, 6.45) is 1.83. The fourth-order valence-corrected chi connectivity index (χ4v) is 3.70. The minimum absolute atomic E-state index is 0.00669. The Morgan fingerprint density at radius 1 is 1.00 bits per heavy atom. The summed E-state index contributed by atoms with van der Waals surface area (Å²) in [5, 5.41) is 5.82. The van der Waals surface area contributed by atoms with Crippen LogP contribution < -0.4 is 10.6 Å². The van der Waals surface area contributed by atoms with Gasteiger partial charge in [0.25, 0.3) is 0 Å². The number of rotatable bonds is 11. The van der Waals surface area contributed by atoms with Gasteiger partial charge in [0, 0.05) is 12.6 Å². The van der Waals surface area contributed by atoms with Crippen molar-refractivity contribution in [3.63, 3.8) is 0 Å². The highest BCUT2D eigenvalue weighted by Crippen LogP contribution is 2.24. The molecular formula is C26H43N3O4. The van der Waals surface area contributed by atoms with E-state index in [1.807, 2.05) is 58.0 Å². The predicted molar refractivity (Wildman–Crippen MR) is 132 cm³/mol. The number of likely N-dealkylation sites (N-methyl/N-ethyl adjacent to an activating group) is 1. The molecule has 4 unspecified atom stereocenters. The molecule has 7 heteroatoms. The van der Waals surface area contributed by atoms with Crippen molar-refractivity contribution < 1.29 is 19.1 Å². The zero-order valence-corrected chi connectivity index (χ0v) is 21.6. The van der Waals surface area contributed by atoms with E-state index in [-0.39, 0.29) is 23.8 Å². The van der Waals surface area contributed by atoms with E-state index in [1.165, 1.54) is 0 Å². The topological polar surface area (TPSA) is 87.7 Å². The third kappa shape index (κ3) is 9.06. The minimum atomic E-state index is -0.808. The summed E-state index contributed by atoms with van der Waals surface area (Å²) in [4.78, 5) is 41.2. The van der Waals surface area contributed by atoms with Gasteiger partial charge >= 0.3 is 6.09 Å². The molecule has 0 bridgehead atoms. The molecule has 3 amide bonds. The molecule has 0 aliphatic heterocycles. The monoisotopic (exact) mass is 461 g/mol. The van der Waals surface area contributed by atoms with Gasteiger partial charge in [-0.2, -0.15) is 0 Å². The number of hydrogen-bond donors (Lipinski definition) is 2. The van der Waals surface area contributed by atoms with E-state index in [0.717, 1.165) is 18.4 Å². The lowest BCUT2D eigenvalue weighted by Gasteiger charge is -2.35. The molecule has 0 aromatic heterocycles. The molecule has 0 spiro atoms. The average molecular weight is 462 g/mol. The molecule has 0 saturated heterocycles. The second kappa shape index (κ2) is 13.2. The fourth-order valence-electron chi connectivity index (χ4n) is 3.70. The minimum Gasteiger partial charge on any atom is -0.444 e. The fraction of sp³-hybridized carbons (Fsp3) is 0.654. The van der Waals surface area contributed by atoms with E-state index >= 15 is 0 Å². The molecule has 0 aliphatic rings. The van der Waals surface area contributed by atoms with Crippen LogP contribution in [0.3, 0.4) is 0 Å². The van der Waals surface area contributed by atoms with Crippen LogP contribution in [0.5, 0.6) is 0 Å². The Morgan fingerprint density at radius 3 is 2.09 bits per heavy atom. The Hall–Kier alpha value is -2.57. The van der Waals surface area contributed by atoms with Crippen LogP contribution in [0.15, 0.2) is 30.3 Å². The van der Waals surface area contributed by atoms with Crippen LogP contribution in [-0.4, -0.2) is 47.0 Å². The molecule has 2 N–H and O–H groups in total. The molecule has 4 atom stereocenters. The van der Waals surface area contributed by atoms with E-state index in [4.69, 9.17) is 4.74 Å². The van der Waals surface area contributed by atoms with Crippen molar-refractivity contribution in [2.45, 2.75) is 98.4 Å². The second-order valence-electron chi connectivity index (χ2n) is 9.65. The number of nitrogens with one attached hydrogen (secondary N) is 2. The summed E-state index contributed by atoms with van der Waals surface area (Å²) in [6.45, 7) is 15.4. The molecule has 0 fully saturated rings. The molecule has 0 radical (unpaired) electrons. The number of ether oxygens (including phenoxy) is 1. The maximum Gasteiger partial charge on any atom is 0.408 e. The van der Waals surface area contributed by atoms with Crippen LogP contribution in [-0.2, 0) is 14.3 Å². The zero-order chi connectivity index (χ0) is 25.2. The van der Waals surface area contributed by atoms with Gasteiger partial charge in [0.05, 0.1) is 0 Å². The Balaban J connectivity index is 3.30. The predicted octanol–water partition coefficient (Wildman–Crippen LogP) is 4.82. The Kier molecular flexibility index (Phi) is 11.4. The second-order valence-corrected chi connectivity index (χ2v) is 9.65. The van der Waals surface area contributed by atoms with E-state index in [0.29, 0.717) is 13.0 Å². The lowest BCUT2D eigenvalue weighted by atomic mass is 9.95. The van der Waals surface area contributed by atoms with Gasteiger partial charge in [-0.25, -0.2) is 4.79 Å². The molecule has 0 heterocycles. The molecule has 1 aromatic rings. The van der Waals surface area contributed by atoms with Gasteiger partial charge in [0.15, 0.2) is 0 Å². The first-order valence-electron chi connectivity index (χ1n) is 12.1. The molecule has 0 saturated carbocycles. The van der Waals surface area contributed by atoms with Gasteiger partial charge in [0.2, 0.25) is 11.8 Å². The summed E-state index contributed by atoms with van der Waals surface area (Å²) in [7, 11) is 0. The number of amides is 3. The first-order valence-corrected chi connectivity index (χ1v) is 12.1. The maximum absolute atomic E-state index is 13.8. The molecule has 33 heavy (non-hydrogen) atoms. The first-order chi connectivity index (χ1) is 15.4. The van der Waals surface area contributed by atoms with Gasteiger partial charge in [-0.1, -0.05) is 63.9 Å². The van der Waals surface area contributed by atoms with Crippen molar-refractivity contribution >= 4 is 17.9 Å². The van der Waals surface area contributed by atoms with Crippen molar-refractivity contribution in [2.75, 3.05) is 6.54 Å². The van der Waals surface area contributed by atoms with Crippen molar-refractivity contribution in [3.05, 3.63) is 35.9 Å². The van der Waals surface area contributed by atoms with Crippen LogP contribution in [0.1, 0.15) is 86.3 Å². The lowest BCUT2D eigenvalue weighted by molar-refractivity contribution is -0.143. The van der Waals surface area contributed by atoms with Gasteiger partial charge in [-0.15, -0.1) is 0 Å². The number of hydrogen-bond acceptors (Lipinski definition) is 4. The van der Waals surface area contributed by atoms with Crippen molar-refractivity contribution in [3.8, 4) is 0 Å². The van der Waals surface area contributed by atoms with E-state index in [2.05, 4.69) is 17.6 Å². The Morgan fingerprint density at radius 2 is 1.61 bits per heavy atom. The quantitative estimate of drug-likeness (QED) is 0.494. The van der Waals surface area contributed by atoms with Gasteiger partial charge in [-0.05, 0) is 52.5 Å². The van der Waals surface area contributed by atoms with Crippen molar-refractivity contribution in [2.24, 2.45) is 5.92 Å². The van der Waals surface area contributed by atoms with Crippen LogP contribution in [0.25, 0.3) is 0 Å². The van der Waals surface area contributed by atoms with Gasteiger partial charge in [-0.3, -0.25) is 9.59 Å². The number of carbonyl (C=O) groups is 3. The molecule has 0 aliphatic carbocycles. The first kappa shape index (κ1) is 28.5. The zero-order valence-electron chi connectivity index (χ0n) is 21.6. The number of alkyl carbamates (subject to hydrolysis) is 1. The molecule has 7 nitrogen and oxygen atoms in total. The van der Waals surface area contributed by atoms with Crippen LogP contribution >= 0.6 is 0 Å². The largest absolute Gasteiger partial charge is 0.444 e. The normalized spacial score (nSPS) is 15.0. The van der Waals surface area contributed by atoms with E-state index < -0.39 is 23.8 Å². The number of benzene rings is 1. The number of nitrogens with zero attached hydrogens (tertiary/aromatic N) is 1. The standard InChI is InChI=1S/C26H43N3O4/c1-9-15-19(5)27-23(30)22(20-16-13-12-14-17-20)29(11-3)24(31)21(18(4)10-2)28-25(32)33-26(6,7)8/h12-14,16-19,21-22H,9-11,15H2,1-8H3,(H,27,30)(H,28,32). The Labute approximate surface area is 199 Å². The Bertz CT molecular complexity index is 761. The van der Waals surface area contributed by atoms with Gasteiger partial charge in [0.1, 0.15) is 17.7 Å². The summed E-state index contributed by atoms with van der Waals surface area (Å²) < 4.78 is 5.40. The maximum atomic E-state index is 13.8. The highest BCUT2D eigenvalue weighted by Gasteiger charge is 2.37. The molecular weight excluding hydrogens is 418 g/mol. The highest BCUT2D eigenvalue weighted by atomic mass is 16.6. The van der Waals surface area contributed by atoms with Gasteiger partial charge < -0.3 is 20.3 Å². The number of carbonyl (C=O) groups excluding carboxylic acids is 3. The van der Waals surface area contributed by atoms with E-state index in [9.17, 15) is 14.4 Å². The molecule has 1 aromatic carbocycles. The highest BCUT2D eigenvalue weighted by molar-refractivity contribution is 5.92.